The van der Waals surface area contributed by atoms with Crippen LogP contribution in [0.5, 0.6) is 0 Å². The van der Waals surface area contributed by atoms with E-state index in [1.54, 1.807) is 0 Å². The molecule has 1 fully saturated rings. The van der Waals surface area contributed by atoms with Crippen LogP contribution in [0.15, 0.2) is 0 Å². The number of halogens is 5. The summed E-state index contributed by atoms with van der Waals surface area (Å²) in [6.45, 7) is 2.00. The van der Waals surface area contributed by atoms with Gasteiger partial charge < -0.3 is 4.74 Å². The Morgan fingerprint density at radius 1 is 1.30 bits per heavy atom. The molecule has 0 aromatic carbocycles. The van der Waals surface area contributed by atoms with Gasteiger partial charge in [0, 0.05) is 0 Å². The fourth-order valence-corrected chi connectivity index (χ4v) is 0. The van der Waals surface area contributed by atoms with E-state index in [2.05, 4.69) is 16.3 Å². The molecule has 1 aliphatic rings. The van der Waals surface area contributed by atoms with Gasteiger partial charge in [-0.25, -0.2) is 4.39 Å². The largest absolute Gasteiger partial charge is 0.433 e. The highest BCUT2D eigenvalue weighted by Crippen LogP contribution is 2.24. The molecule has 1 atom stereocenters. The molecule has 0 saturated carbocycles. The first kappa shape index (κ1) is 9.97. The van der Waals surface area contributed by atoms with Gasteiger partial charge in [0.25, 0.3) is 5.63 Å². The van der Waals surface area contributed by atoms with E-state index in [1.165, 1.54) is 0 Å². The molecule has 62 valence electrons. The Morgan fingerprint density at radius 2 is 1.50 bits per heavy atom. The Morgan fingerprint density at radius 3 is 1.50 bits per heavy atom. The van der Waals surface area contributed by atoms with E-state index >= 15 is 0 Å². The lowest BCUT2D eigenvalue weighted by Gasteiger charge is -2.01. The minimum Gasteiger partial charge on any atom is -0.377 e. The molecule has 1 heterocycles. The van der Waals surface area contributed by atoms with Crippen molar-refractivity contribution in [3.05, 3.63) is 0 Å². The van der Waals surface area contributed by atoms with Crippen molar-refractivity contribution in [3.63, 3.8) is 0 Å². The highest BCUT2D eigenvalue weighted by Gasteiger charge is 2.38. The maximum atomic E-state index is 10.8. The van der Waals surface area contributed by atoms with E-state index in [1.807, 2.05) is 0 Å². The minimum absolute atomic E-state index is 1.00. The SMILES string of the molecule is C1CO1.FC(Cl)C(F)(F)F. The second kappa shape index (κ2) is 3.98. The van der Waals surface area contributed by atoms with Crippen molar-refractivity contribution < 1.29 is 22.3 Å². The summed E-state index contributed by atoms with van der Waals surface area (Å²) in [7, 11) is 0. The molecular formula is C4H5ClF4O. The lowest BCUT2D eigenvalue weighted by molar-refractivity contribution is -0.156. The van der Waals surface area contributed by atoms with E-state index in [9.17, 15) is 17.6 Å². The van der Waals surface area contributed by atoms with Crippen LogP contribution < -0.4 is 0 Å². The zero-order valence-corrected chi connectivity index (χ0v) is 5.55. The summed E-state index contributed by atoms with van der Waals surface area (Å²) in [5, 5.41) is 0. The van der Waals surface area contributed by atoms with E-state index < -0.39 is 11.8 Å². The van der Waals surface area contributed by atoms with Gasteiger partial charge >= 0.3 is 6.18 Å². The summed E-state index contributed by atoms with van der Waals surface area (Å²) in [5.74, 6) is 0. The Balaban J connectivity index is 0.000000219. The molecule has 0 radical (unpaired) electrons. The van der Waals surface area contributed by atoms with Crippen molar-refractivity contribution in [2.24, 2.45) is 0 Å². The van der Waals surface area contributed by atoms with Crippen LogP contribution in [-0.2, 0) is 4.74 Å². The third-order valence-electron chi connectivity index (χ3n) is 0.452. The van der Waals surface area contributed by atoms with Crippen molar-refractivity contribution in [1.82, 2.24) is 0 Å². The van der Waals surface area contributed by atoms with Crippen molar-refractivity contribution in [2.75, 3.05) is 13.2 Å². The second-order valence-corrected chi connectivity index (χ2v) is 1.84. The van der Waals surface area contributed by atoms with Crippen LogP contribution in [0.2, 0.25) is 0 Å². The molecule has 0 amide bonds. The monoisotopic (exact) mass is 180 g/mol. The van der Waals surface area contributed by atoms with Crippen LogP contribution in [0.4, 0.5) is 17.6 Å². The molecule has 1 unspecified atom stereocenters. The predicted molar refractivity (Wildman–Crippen MR) is 27.6 cm³/mol. The van der Waals surface area contributed by atoms with Crippen molar-refractivity contribution in [2.45, 2.75) is 11.8 Å². The molecule has 1 saturated heterocycles. The molecule has 0 aromatic rings. The van der Waals surface area contributed by atoms with Crippen molar-refractivity contribution >= 4 is 11.6 Å². The average Bonchev–Trinajstić information content (AvgIpc) is 2.42. The van der Waals surface area contributed by atoms with Gasteiger partial charge in [-0.2, -0.15) is 13.2 Å². The normalized spacial score (nSPS) is 18.9. The third-order valence-corrected chi connectivity index (χ3v) is 0.699. The minimum atomic E-state index is -4.90. The van der Waals surface area contributed by atoms with Crippen LogP contribution in [-0.4, -0.2) is 25.0 Å². The lowest BCUT2D eigenvalue weighted by Crippen LogP contribution is -2.17. The second-order valence-electron chi connectivity index (χ2n) is 1.45. The van der Waals surface area contributed by atoms with Gasteiger partial charge in [0.15, 0.2) is 0 Å². The summed E-state index contributed by atoms with van der Waals surface area (Å²) in [4.78, 5) is 0. The lowest BCUT2D eigenvalue weighted by atomic mass is 10.7. The number of ether oxygens (including phenoxy) is 1. The summed E-state index contributed by atoms with van der Waals surface area (Å²) >= 11 is 3.96. The average molecular weight is 181 g/mol. The fourth-order valence-electron chi connectivity index (χ4n) is 0. The Hall–Kier alpha value is -0.0300. The van der Waals surface area contributed by atoms with Gasteiger partial charge in [-0.15, -0.1) is 0 Å². The highest BCUT2D eigenvalue weighted by atomic mass is 35.5. The smallest absolute Gasteiger partial charge is 0.377 e. The van der Waals surface area contributed by atoms with Gasteiger partial charge in [-0.3, -0.25) is 0 Å². The summed E-state index contributed by atoms with van der Waals surface area (Å²) in [6, 6.07) is 0. The number of epoxide rings is 1. The molecular weight excluding hydrogens is 175 g/mol. The molecule has 1 nitrogen and oxygen atoms in total. The Bertz CT molecular complexity index is 87.0. The molecule has 0 bridgehead atoms. The number of alkyl halides is 5. The summed E-state index contributed by atoms with van der Waals surface area (Å²) < 4.78 is 47.4. The number of hydrogen-bond donors (Lipinski definition) is 0. The molecule has 0 aliphatic carbocycles. The summed E-state index contributed by atoms with van der Waals surface area (Å²) in [6.07, 6.45) is -4.90. The molecule has 1 rings (SSSR count). The van der Waals surface area contributed by atoms with Gasteiger partial charge in [-0.1, -0.05) is 11.6 Å². The number of hydrogen-bond acceptors (Lipinski definition) is 1. The van der Waals surface area contributed by atoms with Crippen LogP contribution in [0.25, 0.3) is 0 Å². The maximum Gasteiger partial charge on any atom is 0.433 e. The van der Waals surface area contributed by atoms with Crippen LogP contribution >= 0.6 is 11.6 Å². The molecule has 6 heteroatoms. The zero-order chi connectivity index (χ0) is 8.20. The first-order valence-corrected chi connectivity index (χ1v) is 2.81. The first-order valence-electron chi connectivity index (χ1n) is 2.37. The van der Waals surface area contributed by atoms with Crippen LogP contribution in [0, 0.1) is 0 Å². The van der Waals surface area contributed by atoms with Gasteiger partial charge in [0.05, 0.1) is 13.2 Å². The Labute approximate surface area is 59.9 Å². The van der Waals surface area contributed by atoms with Gasteiger partial charge in [-0.05, 0) is 0 Å². The molecule has 0 N–H and O–H groups in total. The molecule has 10 heavy (non-hydrogen) atoms. The Kier molecular flexibility index (Phi) is 3.96. The zero-order valence-electron chi connectivity index (χ0n) is 4.79. The quantitative estimate of drug-likeness (QED) is 0.316. The first-order chi connectivity index (χ1) is 4.44. The molecule has 0 spiro atoms. The van der Waals surface area contributed by atoms with Gasteiger partial charge in [0.2, 0.25) is 0 Å². The van der Waals surface area contributed by atoms with Crippen LogP contribution in [0.3, 0.4) is 0 Å². The topological polar surface area (TPSA) is 12.5 Å². The van der Waals surface area contributed by atoms with E-state index in [-0.39, 0.29) is 0 Å². The molecule has 0 aromatic heterocycles. The van der Waals surface area contributed by atoms with Crippen molar-refractivity contribution in [1.29, 1.82) is 0 Å². The number of rotatable bonds is 0. The fraction of sp³-hybridized carbons (Fsp3) is 1.00. The third kappa shape index (κ3) is 7.97. The highest BCUT2D eigenvalue weighted by molar-refractivity contribution is 6.20. The van der Waals surface area contributed by atoms with Crippen molar-refractivity contribution in [3.8, 4) is 0 Å². The van der Waals surface area contributed by atoms with E-state index in [4.69, 9.17) is 0 Å². The molecule has 1 aliphatic heterocycles. The maximum absolute atomic E-state index is 10.8. The van der Waals surface area contributed by atoms with E-state index in [0.717, 1.165) is 13.2 Å². The summed E-state index contributed by atoms with van der Waals surface area (Å²) in [5.41, 5.74) is -3.23. The van der Waals surface area contributed by atoms with Crippen LogP contribution in [0.1, 0.15) is 0 Å². The van der Waals surface area contributed by atoms with E-state index in [0.29, 0.717) is 0 Å². The standard InChI is InChI=1S/C2HClF4.C2H4O/c3-1(4)2(5,6)7;1-2-3-1/h1H;1-2H2. The predicted octanol–water partition coefficient (Wildman–Crippen LogP) is 2.10. The van der Waals surface area contributed by atoms with Gasteiger partial charge in [0.1, 0.15) is 0 Å².